The van der Waals surface area contributed by atoms with Crippen LogP contribution in [-0.4, -0.2) is 18.3 Å². The molecule has 4 aromatic rings. The van der Waals surface area contributed by atoms with Crippen LogP contribution in [0, 0.1) is 0 Å². The van der Waals surface area contributed by atoms with Crippen LogP contribution in [0.2, 0.25) is 17.3 Å². The number of hydrogen-bond acceptors (Lipinski definition) is 2. The van der Waals surface area contributed by atoms with Crippen LogP contribution in [0.5, 0.6) is 0 Å². The summed E-state index contributed by atoms with van der Waals surface area (Å²) in [7, 11) is 0. The molecule has 0 aliphatic carbocycles. The molecule has 0 N–H and O–H groups in total. The molecule has 0 atom stereocenters. The summed E-state index contributed by atoms with van der Waals surface area (Å²) in [6.07, 6.45) is 1.84. The van der Waals surface area contributed by atoms with Gasteiger partial charge in [0, 0.05) is 0 Å². The van der Waals surface area contributed by atoms with E-state index in [-0.39, 0.29) is 0 Å². The Morgan fingerprint density at radius 3 is 2.30 bits per heavy atom. The maximum absolute atomic E-state index is 5.97. The van der Waals surface area contributed by atoms with Crippen molar-refractivity contribution in [2.75, 3.05) is 0 Å². The first-order valence-corrected chi connectivity index (χ1v) is 15.2. The summed E-state index contributed by atoms with van der Waals surface area (Å²) in [6, 6.07) is 19.1. The summed E-state index contributed by atoms with van der Waals surface area (Å²) < 4.78 is 7.47. The second kappa shape index (κ2) is 5.24. The summed E-state index contributed by atoms with van der Waals surface area (Å²) in [6.45, 7) is 0. The van der Waals surface area contributed by atoms with Gasteiger partial charge < -0.3 is 0 Å². The van der Waals surface area contributed by atoms with Crippen molar-refractivity contribution >= 4 is 39.6 Å². The molecule has 114 valence electrons. The second-order valence-corrected chi connectivity index (χ2v) is 17.6. The number of aromatic nitrogens is 1. The fourth-order valence-electron chi connectivity index (χ4n) is 2.92. The molecular weight excluding hydrogens is 343 g/mol. The van der Waals surface area contributed by atoms with Gasteiger partial charge in [0.15, 0.2) is 0 Å². The number of rotatable bonds is 2. The van der Waals surface area contributed by atoms with Crippen molar-refractivity contribution in [1.82, 2.24) is 4.98 Å². The zero-order valence-electron chi connectivity index (χ0n) is 13.6. The SMILES string of the molecule is [CH3][Ge]([CH3])([CH3])[c]1ccc2oc3cnc(-c4ccccc4)cc3c2c1. The van der Waals surface area contributed by atoms with Gasteiger partial charge in [-0.2, -0.15) is 0 Å². The molecule has 0 amide bonds. The van der Waals surface area contributed by atoms with Crippen molar-refractivity contribution in [3.8, 4) is 11.3 Å². The molecular formula is C20H19GeNO. The van der Waals surface area contributed by atoms with Crippen LogP contribution in [0.3, 0.4) is 0 Å². The van der Waals surface area contributed by atoms with Gasteiger partial charge in [-0.1, -0.05) is 0 Å². The van der Waals surface area contributed by atoms with Gasteiger partial charge in [-0.05, 0) is 0 Å². The monoisotopic (exact) mass is 363 g/mol. The van der Waals surface area contributed by atoms with Gasteiger partial charge in [-0.3, -0.25) is 0 Å². The van der Waals surface area contributed by atoms with E-state index < -0.39 is 13.3 Å². The van der Waals surface area contributed by atoms with E-state index in [1.807, 2.05) is 24.4 Å². The Bertz CT molecular complexity index is 997. The van der Waals surface area contributed by atoms with E-state index >= 15 is 0 Å². The standard InChI is InChI=1S/C20H19GeNO/c1-21(2,3)15-9-10-19-16(11-15)17-12-18(22-13-20(17)23-19)14-7-5-4-6-8-14/h4-13H,1-3H3. The Balaban J connectivity index is 1.97. The van der Waals surface area contributed by atoms with Crippen molar-refractivity contribution in [1.29, 1.82) is 0 Å². The molecule has 0 unspecified atom stereocenters. The molecule has 0 bridgehead atoms. The molecule has 4 rings (SSSR count). The predicted molar refractivity (Wildman–Crippen MR) is 99.9 cm³/mol. The second-order valence-electron chi connectivity index (χ2n) is 6.99. The third kappa shape index (κ3) is 2.57. The normalized spacial score (nSPS) is 12.1. The molecule has 2 aromatic heterocycles. The summed E-state index contributed by atoms with van der Waals surface area (Å²) in [5.41, 5.74) is 3.93. The minimum atomic E-state index is -1.86. The molecule has 23 heavy (non-hydrogen) atoms. The van der Waals surface area contributed by atoms with Gasteiger partial charge in [-0.15, -0.1) is 0 Å². The first-order chi connectivity index (χ1) is 11.0. The van der Waals surface area contributed by atoms with Crippen LogP contribution < -0.4 is 4.40 Å². The van der Waals surface area contributed by atoms with Crippen molar-refractivity contribution < 1.29 is 4.42 Å². The first kappa shape index (κ1) is 14.5. The van der Waals surface area contributed by atoms with Crippen molar-refractivity contribution in [2.45, 2.75) is 17.3 Å². The van der Waals surface area contributed by atoms with Crippen molar-refractivity contribution in [3.63, 3.8) is 0 Å². The van der Waals surface area contributed by atoms with Gasteiger partial charge >= 0.3 is 138 Å². The third-order valence-corrected chi connectivity index (χ3v) is 8.58. The number of furan rings is 1. The van der Waals surface area contributed by atoms with Crippen LogP contribution in [-0.2, 0) is 0 Å². The van der Waals surface area contributed by atoms with Crippen molar-refractivity contribution in [3.05, 3.63) is 60.8 Å². The fourth-order valence-corrected chi connectivity index (χ4v) is 5.35. The van der Waals surface area contributed by atoms with E-state index in [4.69, 9.17) is 4.42 Å². The zero-order chi connectivity index (χ0) is 16.0. The first-order valence-electron chi connectivity index (χ1n) is 7.90. The summed E-state index contributed by atoms with van der Waals surface area (Å²) in [5.74, 6) is 7.25. The Kier molecular flexibility index (Phi) is 3.31. The number of nitrogens with zero attached hydrogens (tertiary/aromatic N) is 1. The molecule has 3 heteroatoms. The Hall–Kier alpha value is -2.07. The van der Waals surface area contributed by atoms with Gasteiger partial charge in [-0.25, -0.2) is 0 Å². The number of fused-ring (bicyclic) bond motifs is 3. The molecule has 0 aliphatic rings. The van der Waals surface area contributed by atoms with Crippen LogP contribution in [0.4, 0.5) is 0 Å². The molecule has 0 radical (unpaired) electrons. The van der Waals surface area contributed by atoms with E-state index in [1.165, 1.54) is 9.78 Å². The van der Waals surface area contributed by atoms with Gasteiger partial charge in [0.05, 0.1) is 0 Å². The Morgan fingerprint density at radius 1 is 0.826 bits per heavy atom. The Labute approximate surface area is 138 Å². The topological polar surface area (TPSA) is 26.0 Å². The maximum atomic E-state index is 5.97. The van der Waals surface area contributed by atoms with E-state index in [9.17, 15) is 0 Å². The quantitative estimate of drug-likeness (QED) is 0.459. The Morgan fingerprint density at radius 2 is 1.57 bits per heavy atom. The summed E-state index contributed by atoms with van der Waals surface area (Å²) in [4.78, 5) is 4.56. The third-order valence-electron chi connectivity index (χ3n) is 4.29. The van der Waals surface area contributed by atoms with E-state index in [0.29, 0.717) is 0 Å². The van der Waals surface area contributed by atoms with Gasteiger partial charge in [0.2, 0.25) is 0 Å². The molecule has 0 fully saturated rings. The molecule has 2 heterocycles. The van der Waals surface area contributed by atoms with E-state index in [0.717, 1.165) is 27.8 Å². The predicted octanol–water partition coefficient (Wildman–Crippen LogP) is 5.19. The fraction of sp³-hybridized carbons (Fsp3) is 0.150. The van der Waals surface area contributed by atoms with Gasteiger partial charge in [0.25, 0.3) is 0 Å². The van der Waals surface area contributed by atoms with Crippen LogP contribution in [0.1, 0.15) is 0 Å². The molecule has 0 saturated carbocycles. The molecule has 0 aliphatic heterocycles. The molecule has 0 saturated heterocycles. The van der Waals surface area contributed by atoms with Crippen LogP contribution in [0.25, 0.3) is 33.2 Å². The number of hydrogen-bond donors (Lipinski definition) is 0. The van der Waals surface area contributed by atoms with E-state index in [2.05, 4.69) is 58.7 Å². The molecule has 0 spiro atoms. The number of pyridine rings is 1. The van der Waals surface area contributed by atoms with E-state index in [1.54, 1.807) is 0 Å². The average molecular weight is 362 g/mol. The summed E-state index contributed by atoms with van der Waals surface area (Å²) in [5, 5.41) is 2.36. The van der Waals surface area contributed by atoms with Crippen LogP contribution in [0.15, 0.2) is 65.2 Å². The molecule has 2 nitrogen and oxygen atoms in total. The van der Waals surface area contributed by atoms with Crippen molar-refractivity contribution in [2.24, 2.45) is 0 Å². The summed E-state index contributed by atoms with van der Waals surface area (Å²) >= 11 is -1.86. The minimum absolute atomic E-state index is 0.859. The van der Waals surface area contributed by atoms with Gasteiger partial charge in [0.1, 0.15) is 0 Å². The zero-order valence-corrected chi connectivity index (χ0v) is 15.7. The molecule has 2 aromatic carbocycles. The number of benzene rings is 2. The average Bonchev–Trinajstić information content (AvgIpc) is 2.92. The van der Waals surface area contributed by atoms with Crippen LogP contribution >= 0.6 is 0 Å².